The highest BCUT2D eigenvalue weighted by Crippen LogP contribution is 2.35. The zero-order valence-electron chi connectivity index (χ0n) is 9.48. The van der Waals surface area contributed by atoms with Gasteiger partial charge < -0.3 is 20.7 Å². The topological polar surface area (TPSA) is 111 Å². The summed E-state index contributed by atoms with van der Waals surface area (Å²) in [5.74, 6) is 2.32. The van der Waals surface area contributed by atoms with Crippen molar-refractivity contribution >= 4 is 5.82 Å². The van der Waals surface area contributed by atoms with Gasteiger partial charge in [-0.3, -0.25) is 4.57 Å². The SMILES string of the molecule is C#C[C@]1(CO)O[C@@H](n2ccc(N)nc2=O)C[C@@H]1O. The quantitative estimate of drug-likeness (QED) is 0.550. The molecule has 0 amide bonds. The summed E-state index contributed by atoms with van der Waals surface area (Å²) >= 11 is 0. The van der Waals surface area contributed by atoms with Crippen molar-refractivity contribution in [2.24, 2.45) is 0 Å². The third-order valence-corrected chi connectivity index (χ3v) is 2.95. The van der Waals surface area contributed by atoms with Crippen LogP contribution in [0.2, 0.25) is 0 Å². The van der Waals surface area contributed by atoms with Gasteiger partial charge in [0.15, 0.2) is 5.60 Å². The summed E-state index contributed by atoms with van der Waals surface area (Å²) in [5.41, 5.74) is 3.29. The first-order chi connectivity index (χ1) is 8.52. The van der Waals surface area contributed by atoms with Gasteiger partial charge in [-0.15, -0.1) is 6.42 Å². The average Bonchev–Trinajstić information content (AvgIpc) is 2.67. The van der Waals surface area contributed by atoms with E-state index in [9.17, 15) is 15.0 Å². The van der Waals surface area contributed by atoms with Gasteiger partial charge >= 0.3 is 5.69 Å². The minimum absolute atomic E-state index is 0.0935. The Morgan fingerprint density at radius 1 is 1.78 bits per heavy atom. The second-order valence-corrected chi connectivity index (χ2v) is 4.06. The fourth-order valence-electron chi connectivity index (χ4n) is 1.88. The lowest BCUT2D eigenvalue weighted by Gasteiger charge is -2.23. The van der Waals surface area contributed by atoms with Crippen molar-refractivity contribution in [1.29, 1.82) is 0 Å². The molecule has 1 aliphatic rings. The van der Waals surface area contributed by atoms with Gasteiger partial charge in [0, 0.05) is 12.6 Å². The van der Waals surface area contributed by atoms with Gasteiger partial charge in [0.25, 0.3) is 0 Å². The molecule has 0 spiro atoms. The Hall–Kier alpha value is -1.88. The molecule has 0 radical (unpaired) electrons. The molecule has 7 heteroatoms. The predicted octanol–water partition coefficient (Wildman–Crippen LogP) is -1.53. The number of terminal acetylenes is 1. The Kier molecular flexibility index (Phi) is 3.09. The molecule has 1 fully saturated rings. The lowest BCUT2D eigenvalue weighted by molar-refractivity contribution is -0.0912. The first-order valence-corrected chi connectivity index (χ1v) is 5.31. The van der Waals surface area contributed by atoms with E-state index in [-0.39, 0.29) is 12.2 Å². The number of aliphatic hydroxyl groups excluding tert-OH is 2. The van der Waals surface area contributed by atoms with Gasteiger partial charge in [-0.25, -0.2) is 4.79 Å². The van der Waals surface area contributed by atoms with Gasteiger partial charge in [-0.2, -0.15) is 4.98 Å². The maximum Gasteiger partial charge on any atom is 0.351 e. The molecule has 96 valence electrons. The number of rotatable bonds is 2. The molecule has 7 nitrogen and oxygen atoms in total. The van der Waals surface area contributed by atoms with Crippen molar-refractivity contribution in [3.8, 4) is 12.3 Å². The molecule has 0 aliphatic carbocycles. The molecule has 0 unspecified atom stereocenters. The maximum atomic E-state index is 11.6. The highest BCUT2D eigenvalue weighted by atomic mass is 16.6. The molecule has 2 rings (SSSR count). The van der Waals surface area contributed by atoms with Crippen LogP contribution >= 0.6 is 0 Å². The fraction of sp³-hybridized carbons (Fsp3) is 0.455. The van der Waals surface area contributed by atoms with E-state index in [1.807, 2.05) is 0 Å². The van der Waals surface area contributed by atoms with E-state index >= 15 is 0 Å². The molecule has 4 N–H and O–H groups in total. The number of anilines is 1. The van der Waals surface area contributed by atoms with Crippen LogP contribution in [0.3, 0.4) is 0 Å². The third-order valence-electron chi connectivity index (χ3n) is 2.95. The third kappa shape index (κ3) is 1.86. The van der Waals surface area contributed by atoms with E-state index in [4.69, 9.17) is 16.9 Å². The molecule has 1 aromatic heterocycles. The Morgan fingerprint density at radius 2 is 2.50 bits per heavy atom. The Labute approximate surface area is 103 Å². The van der Waals surface area contributed by atoms with E-state index in [0.29, 0.717) is 0 Å². The second-order valence-electron chi connectivity index (χ2n) is 4.06. The lowest BCUT2D eigenvalue weighted by atomic mass is 9.99. The minimum atomic E-state index is -1.48. The number of hydrogen-bond donors (Lipinski definition) is 3. The summed E-state index contributed by atoms with van der Waals surface area (Å²) in [6.45, 7) is -0.529. The molecule has 1 saturated heterocycles. The monoisotopic (exact) mass is 251 g/mol. The van der Waals surface area contributed by atoms with Crippen LogP contribution in [0.4, 0.5) is 5.82 Å². The summed E-state index contributed by atoms with van der Waals surface area (Å²) in [7, 11) is 0. The molecule has 1 aromatic rings. The van der Waals surface area contributed by atoms with E-state index in [1.54, 1.807) is 0 Å². The van der Waals surface area contributed by atoms with Crippen molar-refractivity contribution < 1.29 is 14.9 Å². The first kappa shape index (κ1) is 12.6. The Bertz CT molecular complexity index is 550. The summed E-state index contributed by atoms with van der Waals surface area (Å²) in [5, 5.41) is 19.0. The van der Waals surface area contributed by atoms with E-state index in [0.717, 1.165) is 0 Å². The van der Waals surface area contributed by atoms with Crippen LogP contribution in [0.15, 0.2) is 17.1 Å². The number of aliphatic hydroxyl groups is 2. The molecule has 0 saturated carbocycles. The predicted molar refractivity (Wildman–Crippen MR) is 62.3 cm³/mol. The van der Waals surface area contributed by atoms with E-state index < -0.39 is 30.2 Å². The zero-order chi connectivity index (χ0) is 13.3. The highest BCUT2D eigenvalue weighted by molar-refractivity contribution is 5.24. The number of nitrogens with two attached hydrogens (primary N) is 1. The van der Waals surface area contributed by atoms with Crippen LogP contribution in [-0.2, 0) is 4.74 Å². The van der Waals surface area contributed by atoms with Crippen molar-refractivity contribution in [3.05, 3.63) is 22.7 Å². The van der Waals surface area contributed by atoms with Crippen molar-refractivity contribution in [2.45, 2.75) is 24.4 Å². The summed E-state index contributed by atoms with van der Waals surface area (Å²) < 4.78 is 6.59. The highest BCUT2D eigenvalue weighted by Gasteiger charge is 2.47. The molecule has 1 aliphatic heterocycles. The fourth-order valence-corrected chi connectivity index (χ4v) is 1.88. The van der Waals surface area contributed by atoms with Crippen molar-refractivity contribution in [3.63, 3.8) is 0 Å². The number of aromatic nitrogens is 2. The van der Waals surface area contributed by atoms with Crippen LogP contribution in [0.25, 0.3) is 0 Å². The van der Waals surface area contributed by atoms with Gasteiger partial charge in [0.2, 0.25) is 0 Å². The smallest absolute Gasteiger partial charge is 0.351 e. The standard InChI is InChI=1S/C11H13N3O4/c1-2-11(6-15)7(16)5-9(18-11)14-4-3-8(12)13-10(14)17/h1,3-4,7,9,15-16H,5-6H2,(H2,12,13,17)/t7-,9+,11+/m0/s1. The van der Waals surface area contributed by atoms with Gasteiger partial charge in [0.05, 0.1) is 6.61 Å². The normalized spacial score (nSPS) is 31.2. The Balaban J connectivity index is 2.33. The van der Waals surface area contributed by atoms with E-state index in [1.165, 1.54) is 16.8 Å². The molecule has 0 bridgehead atoms. The molecular weight excluding hydrogens is 238 g/mol. The summed E-state index contributed by atoms with van der Waals surface area (Å²) in [6, 6.07) is 1.44. The average molecular weight is 251 g/mol. The minimum Gasteiger partial charge on any atom is -0.392 e. The summed E-state index contributed by atoms with van der Waals surface area (Å²) in [6.07, 6.45) is 4.93. The van der Waals surface area contributed by atoms with Crippen LogP contribution in [-0.4, -0.2) is 38.1 Å². The molecule has 18 heavy (non-hydrogen) atoms. The van der Waals surface area contributed by atoms with Gasteiger partial charge in [-0.1, -0.05) is 5.92 Å². The number of nitrogens with zero attached hydrogens (tertiary/aromatic N) is 2. The van der Waals surface area contributed by atoms with Crippen molar-refractivity contribution in [2.75, 3.05) is 12.3 Å². The van der Waals surface area contributed by atoms with Crippen LogP contribution in [0.5, 0.6) is 0 Å². The largest absolute Gasteiger partial charge is 0.392 e. The van der Waals surface area contributed by atoms with E-state index in [2.05, 4.69) is 10.9 Å². The van der Waals surface area contributed by atoms with Gasteiger partial charge in [0.1, 0.15) is 18.1 Å². The van der Waals surface area contributed by atoms with Gasteiger partial charge in [-0.05, 0) is 6.07 Å². The number of ether oxygens (including phenoxy) is 1. The van der Waals surface area contributed by atoms with Crippen LogP contribution in [0.1, 0.15) is 12.6 Å². The number of hydrogen-bond acceptors (Lipinski definition) is 6. The first-order valence-electron chi connectivity index (χ1n) is 5.31. The second kappa shape index (κ2) is 4.42. The molecule has 3 atom stereocenters. The zero-order valence-corrected chi connectivity index (χ0v) is 9.48. The van der Waals surface area contributed by atoms with Crippen molar-refractivity contribution in [1.82, 2.24) is 9.55 Å². The number of nitrogen functional groups attached to an aromatic ring is 1. The molecule has 0 aromatic carbocycles. The van der Waals surface area contributed by atoms with Crippen LogP contribution in [0, 0.1) is 12.3 Å². The van der Waals surface area contributed by atoms with Crippen LogP contribution < -0.4 is 11.4 Å². The maximum absolute atomic E-state index is 11.6. The molecular formula is C11H13N3O4. The Morgan fingerprint density at radius 3 is 3.00 bits per heavy atom. The summed E-state index contributed by atoms with van der Waals surface area (Å²) in [4.78, 5) is 15.2. The lowest BCUT2D eigenvalue weighted by Crippen LogP contribution is -2.41. The molecule has 2 heterocycles.